The van der Waals surface area contributed by atoms with Crippen LogP contribution in [0.5, 0.6) is 0 Å². The minimum Gasteiger partial charge on any atom is -0.290 e. The zero-order chi connectivity index (χ0) is 11.4. The molecule has 2 heterocycles. The van der Waals surface area contributed by atoms with Crippen LogP contribution in [0.15, 0.2) is 23.1 Å². The van der Waals surface area contributed by atoms with Gasteiger partial charge in [-0.3, -0.25) is 4.40 Å². The summed E-state index contributed by atoms with van der Waals surface area (Å²) >= 11 is 3.40. The molecule has 0 aromatic carbocycles. The molecule has 86 valence electrons. The Kier molecular flexibility index (Phi) is 3.93. The summed E-state index contributed by atoms with van der Waals surface area (Å²) in [6, 6.07) is 0. The fourth-order valence-electron chi connectivity index (χ4n) is 1.76. The molecule has 0 bridgehead atoms. The van der Waals surface area contributed by atoms with Gasteiger partial charge in [0.25, 0.3) is 0 Å². The predicted octanol–water partition coefficient (Wildman–Crippen LogP) is 3.61. The number of rotatable bonds is 5. The van der Waals surface area contributed by atoms with Crippen molar-refractivity contribution < 1.29 is 0 Å². The molecule has 0 N–H and O–H groups in total. The number of aryl methyl sites for hydroxylation is 1. The van der Waals surface area contributed by atoms with E-state index in [0.29, 0.717) is 0 Å². The minimum atomic E-state index is 0.786. The van der Waals surface area contributed by atoms with Gasteiger partial charge in [0.05, 0.1) is 10.2 Å². The topological polar surface area (TPSA) is 30.2 Å². The lowest BCUT2D eigenvalue weighted by Gasteiger charge is -1.95. The Hall–Kier alpha value is -0.900. The van der Waals surface area contributed by atoms with E-state index in [1.54, 1.807) is 6.20 Å². The average Bonchev–Trinajstić information content (AvgIpc) is 2.66. The fourth-order valence-corrected chi connectivity index (χ4v) is 2.09. The Morgan fingerprint density at radius 1 is 1.25 bits per heavy atom. The van der Waals surface area contributed by atoms with Crippen LogP contribution >= 0.6 is 15.9 Å². The first-order valence-electron chi connectivity index (χ1n) is 5.78. The molecule has 0 fully saturated rings. The van der Waals surface area contributed by atoms with E-state index in [2.05, 4.69) is 39.0 Å². The molecule has 16 heavy (non-hydrogen) atoms. The van der Waals surface area contributed by atoms with Gasteiger partial charge in [-0.1, -0.05) is 26.2 Å². The van der Waals surface area contributed by atoms with Crippen LogP contribution in [0, 0.1) is 0 Å². The van der Waals surface area contributed by atoms with Crippen molar-refractivity contribution in [3.8, 4) is 0 Å². The van der Waals surface area contributed by atoms with Crippen LogP contribution in [-0.4, -0.2) is 14.4 Å². The highest BCUT2D eigenvalue weighted by molar-refractivity contribution is 9.10. The first-order valence-corrected chi connectivity index (χ1v) is 6.58. The molecule has 0 unspecified atom stereocenters. The minimum absolute atomic E-state index is 0.786. The quantitative estimate of drug-likeness (QED) is 0.784. The normalized spacial score (nSPS) is 11.1. The first-order chi connectivity index (χ1) is 7.79. The molecule has 2 rings (SSSR count). The van der Waals surface area contributed by atoms with Crippen LogP contribution in [-0.2, 0) is 6.42 Å². The highest BCUT2D eigenvalue weighted by atomic mass is 79.9. The van der Waals surface area contributed by atoms with E-state index in [-0.39, 0.29) is 0 Å². The van der Waals surface area contributed by atoms with Gasteiger partial charge in [0.15, 0.2) is 0 Å². The van der Waals surface area contributed by atoms with Crippen molar-refractivity contribution >= 4 is 21.7 Å². The molecule has 2 aromatic heterocycles. The number of halogens is 1. The molecule has 0 atom stereocenters. The number of imidazole rings is 1. The van der Waals surface area contributed by atoms with Gasteiger partial charge in [-0.2, -0.15) is 0 Å². The molecule has 3 nitrogen and oxygen atoms in total. The highest BCUT2D eigenvalue weighted by Gasteiger charge is 2.02. The Balaban J connectivity index is 2.02. The van der Waals surface area contributed by atoms with Crippen molar-refractivity contribution in [3.05, 3.63) is 28.8 Å². The molecule has 0 aliphatic carbocycles. The lowest BCUT2D eigenvalue weighted by Crippen LogP contribution is -1.85. The molecule has 4 heteroatoms. The smallest absolute Gasteiger partial charge is 0.233 e. The van der Waals surface area contributed by atoms with E-state index in [1.807, 2.05) is 10.6 Å². The van der Waals surface area contributed by atoms with E-state index >= 15 is 0 Å². The van der Waals surface area contributed by atoms with Crippen molar-refractivity contribution in [2.75, 3.05) is 0 Å². The predicted molar refractivity (Wildman–Crippen MR) is 68.5 cm³/mol. The second-order valence-electron chi connectivity index (χ2n) is 4.02. The van der Waals surface area contributed by atoms with Crippen LogP contribution in [0.3, 0.4) is 0 Å². The molecule has 0 amide bonds. The lowest BCUT2D eigenvalue weighted by molar-refractivity contribution is 0.662. The third-order valence-corrected chi connectivity index (χ3v) is 3.02. The number of fused-ring (bicyclic) bond motifs is 1. The Morgan fingerprint density at radius 2 is 2.12 bits per heavy atom. The largest absolute Gasteiger partial charge is 0.290 e. The summed E-state index contributed by atoms with van der Waals surface area (Å²) in [6.07, 6.45) is 12.0. The Labute approximate surface area is 104 Å². The lowest BCUT2D eigenvalue weighted by atomic mass is 10.1. The van der Waals surface area contributed by atoms with Crippen LogP contribution in [0.2, 0.25) is 0 Å². The molecule has 0 saturated carbocycles. The van der Waals surface area contributed by atoms with Gasteiger partial charge in [0, 0.05) is 18.6 Å². The molecule has 2 aromatic rings. The molecule has 0 aliphatic rings. The van der Waals surface area contributed by atoms with Gasteiger partial charge in [-0.05, 0) is 28.8 Å². The number of hydrogen-bond acceptors (Lipinski definition) is 2. The SMILES string of the molecule is CCCCCCc1cn2cc(Br)cnc2n1. The average molecular weight is 282 g/mol. The zero-order valence-electron chi connectivity index (χ0n) is 9.49. The summed E-state index contributed by atoms with van der Waals surface area (Å²) in [4.78, 5) is 8.73. The number of aromatic nitrogens is 3. The van der Waals surface area contributed by atoms with Gasteiger partial charge < -0.3 is 0 Å². The third-order valence-electron chi connectivity index (χ3n) is 2.61. The highest BCUT2D eigenvalue weighted by Crippen LogP contribution is 2.11. The van der Waals surface area contributed by atoms with Crippen LogP contribution in [0.25, 0.3) is 5.78 Å². The standard InChI is InChI=1S/C12H16BrN3/c1-2-3-4-5-6-11-9-16-8-10(13)7-14-12(16)15-11/h7-9H,2-6H2,1H3. The first kappa shape index (κ1) is 11.6. The summed E-state index contributed by atoms with van der Waals surface area (Å²) in [5.41, 5.74) is 1.14. The maximum Gasteiger partial charge on any atom is 0.233 e. The Bertz CT molecular complexity index is 464. The third kappa shape index (κ3) is 2.82. The Morgan fingerprint density at radius 3 is 2.94 bits per heavy atom. The summed E-state index contributed by atoms with van der Waals surface area (Å²) in [5, 5.41) is 0. The maximum atomic E-state index is 4.48. The van der Waals surface area contributed by atoms with Gasteiger partial charge in [-0.15, -0.1) is 0 Å². The van der Waals surface area contributed by atoms with E-state index in [4.69, 9.17) is 0 Å². The second-order valence-corrected chi connectivity index (χ2v) is 4.94. The number of hydrogen-bond donors (Lipinski definition) is 0. The molecular weight excluding hydrogens is 266 g/mol. The zero-order valence-corrected chi connectivity index (χ0v) is 11.1. The number of unbranched alkanes of at least 4 members (excludes halogenated alkanes) is 3. The second kappa shape index (κ2) is 5.43. The molecular formula is C12H16BrN3. The summed E-state index contributed by atoms with van der Waals surface area (Å²) in [5.74, 6) is 0.786. The van der Waals surface area contributed by atoms with Crippen LogP contribution in [0.4, 0.5) is 0 Å². The van der Waals surface area contributed by atoms with E-state index in [1.165, 1.54) is 25.7 Å². The summed E-state index contributed by atoms with van der Waals surface area (Å²) in [6.45, 7) is 2.23. The van der Waals surface area contributed by atoms with Crippen LogP contribution < -0.4 is 0 Å². The van der Waals surface area contributed by atoms with Gasteiger partial charge in [0.2, 0.25) is 5.78 Å². The molecule has 0 aliphatic heterocycles. The maximum absolute atomic E-state index is 4.48. The van der Waals surface area contributed by atoms with E-state index < -0.39 is 0 Å². The summed E-state index contributed by atoms with van der Waals surface area (Å²) in [7, 11) is 0. The van der Waals surface area contributed by atoms with E-state index in [0.717, 1.165) is 22.4 Å². The summed E-state index contributed by atoms with van der Waals surface area (Å²) < 4.78 is 2.95. The van der Waals surface area contributed by atoms with Crippen LogP contribution in [0.1, 0.15) is 38.3 Å². The van der Waals surface area contributed by atoms with Gasteiger partial charge in [0.1, 0.15) is 0 Å². The molecule has 0 radical (unpaired) electrons. The van der Waals surface area contributed by atoms with Crippen molar-refractivity contribution in [3.63, 3.8) is 0 Å². The van der Waals surface area contributed by atoms with Gasteiger partial charge in [-0.25, -0.2) is 9.97 Å². The fraction of sp³-hybridized carbons (Fsp3) is 0.500. The van der Waals surface area contributed by atoms with Crippen molar-refractivity contribution in [2.24, 2.45) is 0 Å². The van der Waals surface area contributed by atoms with Crippen molar-refractivity contribution in [2.45, 2.75) is 39.0 Å². The molecule has 0 spiro atoms. The van der Waals surface area contributed by atoms with Gasteiger partial charge >= 0.3 is 0 Å². The number of nitrogens with zero attached hydrogens (tertiary/aromatic N) is 3. The van der Waals surface area contributed by atoms with E-state index in [9.17, 15) is 0 Å². The molecule has 0 saturated heterocycles. The monoisotopic (exact) mass is 281 g/mol. The van der Waals surface area contributed by atoms with Crippen molar-refractivity contribution in [1.29, 1.82) is 0 Å². The van der Waals surface area contributed by atoms with Crippen molar-refractivity contribution in [1.82, 2.24) is 14.4 Å².